The monoisotopic (exact) mass is 422 g/mol. The van der Waals surface area contributed by atoms with Crippen molar-refractivity contribution in [3.05, 3.63) is 88.3 Å². The summed E-state index contributed by atoms with van der Waals surface area (Å²) < 4.78 is 0. The predicted molar refractivity (Wildman–Crippen MR) is 110 cm³/mol. The molecule has 0 aliphatic carbocycles. The van der Waals surface area contributed by atoms with Crippen LogP contribution in [0.5, 0.6) is 0 Å². The van der Waals surface area contributed by atoms with Gasteiger partial charge in [0.1, 0.15) is 10.3 Å². The Morgan fingerprint density at radius 1 is 0.690 bits per heavy atom. The lowest BCUT2D eigenvalue weighted by Crippen LogP contribution is -1.99. The Morgan fingerprint density at radius 2 is 1.21 bits per heavy atom. The van der Waals surface area contributed by atoms with Gasteiger partial charge < -0.3 is 5.21 Å². The number of hydrogen-bond acceptors (Lipinski definition) is 6. The summed E-state index contributed by atoms with van der Waals surface area (Å²) in [5.41, 5.74) is 1.47. The molecule has 0 amide bonds. The highest BCUT2D eigenvalue weighted by molar-refractivity contribution is 6.30. The minimum absolute atomic E-state index is 0.0279. The Balaban J connectivity index is 1.73. The van der Waals surface area contributed by atoms with Gasteiger partial charge in [0.2, 0.25) is 5.82 Å². The second kappa shape index (κ2) is 8.30. The zero-order valence-corrected chi connectivity index (χ0v) is 16.3. The van der Waals surface area contributed by atoms with Gasteiger partial charge in [0.05, 0.1) is 6.07 Å². The van der Waals surface area contributed by atoms with Crippen LogP contribution in [0.2, 0.25) is 10.3 Å². The van der Waals surface area contributed by atoms with Gasteiger partial charge in [-0.1, -0.05) is 76.8 Å². The molecule has 0 radical (unpaired) electrons. The molecule has 9 heteroatoms. The highest BCUT2D eigenvalue weighted by Crippen LogP contribution is 2.25. The minimum Gasteiger partial charge on any atom is -0.690 e. The van der Waals surface area contributed by atoms with Crippen molar-refractivity contribution in [2.24, 2.45) is 5.11 Å². The first-order chi connectivity index (χ1) is 14.1. The van der Waals surface area contributed by atoms with Crippen molar-refractivity contribution < 1.29 is 4.86 Å². The largest absolute Gasteiger partial charge is 0.690 e. The third-order valence-corrected chi connectivity index (χ3v) is 4.20. The zero-order valence-electron chi connectivity index (χ0n) is 14.8. The van der Waals surface area contributed by atoms with E-state index in [2.05, 4.69) is 25.1 Å². The molecule has 0 atom stereocenters. The van der Waals surface area contributed by atoms with E-state index in [1.807, 2.05) is 60.7 Å². The summed E-state index contributed by atoms with van der Waals surface area (Å²) in [6.45, 7) is 0. The Kier molecular flexibility index (Phi) is 5.41. The van der Waals surface area contributed by atoms with E-state index >= 15 is 0 Å². The van der Waals surface area contributed by atoms with Gasteiger partial charge in [0.15, 0.2) is 5.82 Å². The van der Waals surface area contributed by atoms with E-state index in [9.17, 15) is 5.21 Å². The summed E-state index contributed by atoms with van der Waals surface area (Å²) >= 11 is 12.2. The molecule has 0 saturated carbocycles. The predicted octanol–water partition coefficient (Wildman–Crippen LogP) is 5.83. The van der Waals surface area contributed by atoms with Crippen molar-refractivity contribution in [2.75, 3.05) is 0 Å². The Hall–Kier alpha value is -3.42. The maximum atomic E-state index is 12.6. The van der Waals surface area contributed by atoms with Crippen molar-refractivity contribution in [3.63, 3.8) is 0 Å². The van der Waals surface area contributed by atoms with E-state index in [0.29, 0.717) is 16.5 Å². The number of azo groups is 1. The lowest BCUT2D eigenvalue weighted by atomic mass is 10.2. The smallest absolute Gasteiger partial charge is 0.352 e. The summed E-state index contributed by atoms with van der Waals surface area (Å²) in [6.07, 6.45) is 0. The SMILES string of the molecule is [O-][N+](=Nc1cc(Cl)nc(-c2ccccc2)n1)c1cc(Cl)nc(-c2ccccc2)n1. The maximum absolute atomic E-state index is 12.6. The summed E-state index contributed by atoms with van der Waals surface area (Å²) in [4.78, 5) is 17.2. The normalized spacial score (nSPS) is 11.4. The van der Waals surface area contributed by atoms with E-state index in [1.54, 1.807) is 0 Å². The van der Waals surface area contributed by atoms with Crippen molar-refractivity contribution in [1.29, 1.82) is 0 Å². The van der Waals surface area contributed by atoms with Crippen LogP contribution in [0.15, 0.2) is 77.9 Å². The van der Waals surface area contributed by atoms with E-state index < -0.39 is 0 Å². The van der Waals surface area contributed by atoms with Crippen molar-refractivity contribution in [3.8, 4) is 22.8 Å². The van der Waals surface area contributed by atoms with E-state index in [4.69, 9.17) is 23.2 Å². The molecule has 4 aromatic rings. The highest BCUT2D eigenvalue weighted by atomic mass is 35.5. The van der Waals surface area contributed by atoms with Gasteiger partial charge in [-0.15, -0.1) is 4.86 Å². The molecule has 0 aliphatic heterocycles. The topological polar surface area (TPSA) is 90.0 Å². The molecule has 0 fully saturated rings. The first-order valence-electron chi connectivity index (χ1n) is 8.47. The number of halogens is 2. The van der Waals surface area contributed by atoms with Crippen LogP contribution in [-0.4, -0.2) is 24.8 Å². The minimum atomic E-state index is -0.0279. The maximum Gasteiger partial charge on any atom is 0.352 e. The number of aromatic nitrogens is 4. The number of benzene rings is 2. The van der Waals surface area contributed by atoms with Gasteiger partial charge in [-0.25, -0.2) is 9.97 Å². The lowest BCUT2D eigenvalue weighted by molar-refractivity contribution is -0.439. The zero-order chi connectivity index (χ0) is 20.2. The molecule has 0 N–H and O–H groups in total. The van der Waals surface area contributed by atoms with Gasteiger partial charge in [-0.2, -0.15) is 4.98 Å². The molecule has 2 aromatic heterocycles. The van der Waals surface area contributed by atoms with Gasteiger partial charge >= 0.3 is 5.82 Å². The summed E-state index contributed by atoms with van der Waals surface area (Å²) in [5, 5.41) is 16.8. The molecule has 0 spiro atoms. The molecule has 4 rings (SSSR count). The molecule has 0 bridgehead atoms. The molecule has 29 heavy (non-hydrogen) atoms. The lowest BCUT2D eigenvalue weighted by Gasteiger charge is -2.05. The second-order valence-electron chi connectivity index (χ2n) is 5.85. The van der Waals surface area contributed by atoms with Gasteiger partial charge in [-0.05, 0) is 17.1 Å². The van der Waals surface area contributed by atoms with E-state index in [0.717, 1.165) is 11.1 Å². The van der Waals surface area contributed by atoms with Gasteiger partial charge in [0.25, 0.3) is 5.82 Å². The van der Waals surface area contributed by atoms with Crippen molar-refractivity contribution >= 4 is 34.8 Å². The third-order valence-electron chi connectivity index (χ3n) is 3.82. The first-order valence-corrected chi connectivity index (χ1v) is 9.23. The number of hydrogen-bond donors (Lipinski definition) is 0. The van der Waals surface area contributed by atoms with Gasteiger partial charge in [0, 0.05) is 17.2 Å². The van der Waals surface area contributed by atoms with Crippen molar-refractivity contribution in [1.82, 2.24) is 19.9 Å². The number of nitrogens with zero attached hydrogens (tertiary/aromatic N) is 6. The summed E-state index contributed by atoms with van der Waals surface area (Å²) in [6, 6.07) is 21.1. The fourth-order valence-electron chi connectivity index (χ4n) is 2.54. The standard InChI is InChI=1S/C20H12Cl2N6O/c21-15-11-17(25-19(23-15)13-7-3-1-4-8-13)27-28(29)18-12-16(22)24-20(26-18)14-9-5-2-6-10-14/h1-12H. The molecule has 142 valence electrons. The second-order valence-corrected chi connectivity index (χ2v) is 6.62. The van der Waals surface area contributed by atoms with Crippen LogP contribution in [0.3, 0.4) is 0 Å². The molecular formula is C20H12Cl2N6O. The number of rotatable bonds is 4. The van der Waals surface area contributed by atoms with Gasteiger partial charge in [-0.3, -0.25) is 0 Å². The average Bonchev–Trinajstić information content (AvgIpc) is 2.74. The molecule has 2 aromatic carbocycles. The molecular weight excluding hydrogens is 411 g/mol. The Morgan fingerprint density at radius 3 is 1.79 bits per heavy atom. The molecule has 0 unspecified atom stereocenters. The fourth-order valence-corrected chi connectivity index (χ4v) is 2.89. The summed E-state index contributed by atoms with van der Waals surface area (Å²) in [5.74, 6) is 0.737. The van der Waals surface area contributed by atoms with Crippen molar-refractivity contribution in [2.45, 2.75) is 0 Å². The van der Waals surface area contributed by atoms with Crippen LogP contribution in [-0.2, 0) is 0 Å². The molecule has 2 heterocycles. The molecule has 7 nitrogen and oxygen atoms in total. The van der Waals surface area contributed by atoms with Crippen LogP contribution in [0.25, 0.3) is 22.8 Å². The van der Waals surface area contributed by atoms with E-state index in [-0.39, 0.29) is 21.9 Å². The average molecular weight is 423 g/mol. The summed E-state index contributed by atoms with van der Waals surface area (Å²) in [7, 11) is 0. The van der Waals surface area contributed by atoms with Crippen LogP contribution in [0, 0.1) is 5.21 Å². The first kappa shape index (κ1) is 18.9. The fraction of sp³-hybridized carbons (Fsp3) is 0. The van der Waals surface area contributed by atoms with E-state index in [1.165, 1.54) is 12.1 Å². The van der Waals surface area contributed by atoms with Crippen LogP contribution < -0.4 is 0 Å². The third kappa shape index (κ3) is 4.53. The molecule has 0 aliphatic rings. The quantitative estimate of drug-likeness (QED) is 0.178. The molecule has 0 saturated heterocycles. The highest BCUT2D eigenvalue weighted by Gasteiger charge is 2.16. The van der Waals surface area contributed by atoms with Crippen LogP contribution in [0.4, 0.5) is 11.6 Å². The Labute approximate surface area is 175 Å². The van der Waals surface area contributed by atoms with Crippen LogP contribution >= 0.6 is 23.2 Å². The Bertz CT molecular complexity index is 1190. The van der Waals surface area contributed by atoms with Crippen LogP contribution in [0.1, 0.15) is 0 Å².